The standard InChI is InChI=1S/C30H38ClN3O2/c1-21(32-24-10-11-25(26(31)19-24)27(35)33(2)3)18-23-20-29(23)14-16-34(17-15-29)28(36)30(12-7-13-30)22-8-5-4-6-9-22/h4-6,8-11,19,21,23,32H,7,12-18,20H2,1-3H3/t21?,23-/m1/s1. The lowest BCUT2D eigenvalue weighted by Crippen LogP contribution is -2.53. The van der Waals surface area contributed by atoms with E-state index in [0.29, 0.717) is 33.9 Å². The molecule has 36 heavy (non-hydrogen) atoms. The molecule has 2 atom stereocenters. The van der Waals surface area contributed by atoms with Crippen molar-refractivity contribution < 1.29 is 9.59 Å². The predicted molar refractivity (Wildman–Crippen MR) is 145 cm³/mol. The van der Waals surface area contributed by atoms with Crippen molar-refractivity contribution in [3.05, 3.63) is 64.7 Å². The Morgan fingerprint density at radius 1 is 1.08 bits per heavy atom. The summed E-state index contributed by atoms with van der Waals surface area (Å²) in [6, 6.07) is 16.3. The molecule has 3 aliphatic rings. The highest BCUT2D eigenvalue weighted by Crippen LogP contribution is 2.61. The molecule has 2 aromatic carbocycles. The van der Waals surface area contributed by atoms with E-state index < -0.39 is 0 Å². The van der Waals surface area contributed by atoms with Gasteiger partial charge in [-0.05, 0) is 80.5 Å². The summed E-state index contributed by atoms with van der Waals surface area (Å²) < 4.78 is 0. The van der Waals surface area contributed by atoms with Crippen molar-refractivity contribution in [2.45, 2.75) is 63.3 Å². The van der Waals surface area contributed by atoms with E-state index in [1.54, 1.807) is 20.2 Å². The van der Waals surface area contributed by atoms with Gasteiger partial charge in [0.05, 0.1) is 16.0 Å². The molecule has 6 heteroatoms. The lowest BCUT2D eigenvalue weighted by atomic mass is 9.63. The molecule has 3 fully saturated rings. The third kappa shape index (κ3) is 4.63. The number of likely N-dealkylation sites (tertiary alicyclic amines) is 1. The van der Waals surface area contributed by atoms with Crippen LogP contribution in [0.1, 0.15) is 67.8 Å². The minimum atomic E-state index is -0.277. The van der Waals surface area contributed by atoms with Crippen molar-refractivity contribution >= 4 is 29.1 Å². The Morgan fingerprint density at radius 2 is 1.78 bits per heavy atom. The minimum absolute atomic E-state index is 0.0867. The largest absolute Gasteiger partial charge is 0.383 e. The number of amides is 2. The first-order chi connectivity index (χ1) is 17.2. The second-order valence-corrected chi connectivity index (χ2v) is 11.9. The summed E-state index contributed by atoms with van der Waals surface area (Å²) in [5, 5.41) is 4.06. The highest BCUT2D eigenvalue weighted by atomic mass is 35.5. The number of hydrogen-bond donors (Lipinski definition) is 1. The average Bonchev–Trinajstić information content (AvgIpc) is 3.49. The molecule has 1 aliphatic heterocycles. The second kappa shape index (κ2) is 9.74. The van der Waals surface area contributed by atoms with Crippen LogP contribution >= 0.6 is 11.6 Å². The summed E-state index contributed by atoms with van der Waals surface area (Å²) in [5.41, 5.74) is 2.81. The number of benzene rings is 2. The maximum absolute atomic E-state index is 13.6. The monoisotopic (exact) mass is 507 g/mol. The zero-order valence-corrected chi connectivity index (χ0v) is 22.5. The predicted octanol–water partition coefficient (Wildman–Crippen LogP) is 5.98. The Bertz CT molecular complexity index is 1120. The van der Waals surface area contributed by atoms with E-state index in [4.69, 9.17) is 11.6 Å². The maximum Gasteiger partial charge on any atom is 0.254 e. The second-order valence-electron chi connectivity index (χ2n) is 11.5. The third-order valence-electron chi connectivity index (χ3n) is 9.00. The molecule has 2 saturated carbocycles. The summed E-state index contributed by atoms with van der Waals surface area (Å²) in [7, 11) is 3.46. The van der Waals surface area contributed by atoms with Gasteiger partial charge in [0.15, 0.2) is 0 Å². The van der Waals surface area contributed by atoms with Gasteiger partial charge < -0.3 is 15.1 Å². The first-order valence-corrected chi connectivity index (χ1v) is 13.7. The lowest BCUT2D eigenvalue weighted by molar-refractivity contribution is -0.142. The first kappa shape index (κ1) is 25.1. The van der Waals surface area contributed by atoms with Gasteiger partial charge in [0, 0.05) is 38.9 Å². The van der Waals surface area contributed by atoms with Crippen LogP contribution in [0.3, 0.4) is 0 Å². The molecule has 1 unspecified atom stereocenters. The van der Waals surface area contributed by atoms with Gasteiger partial charge >= 0.3 is 0 Å². The molecule has 5 nitrogen and oxygen atoms in total. The van der Waals surface area contributed by atoms with Gasteiger partial charge in [0.2, 0.25) is 5.91 Å². The van der Waals surface area contributed by atoms with E-state index in [1.807, 2.05) is 18.2 Å². The number of anilines is 1. The fourth-order valence-electron chi connectivity index (χ4n) is 6.54. The highest BCUT2D eigenvalue weighted by Gasteiger charge is 2.56. The van der Waals surface area contributed by atoms with Gasteiger partial charge in [-0.3, -0.25) is 9.59 Å². The normalized spacial score (nSPS) is 22.4. The maximum atomic E-state index is 13.6. The van der Waals surface area contributed by atoms with E-state index in [2.05, 4.69) is 41.4 Å². The molecule has 1 spiro atoms. The lowest BCUT2D eigenvalue weighted by Gasteiger charge is -2.46. The highest BCUT2D eigenvalue weighted by molar-refractivity contribution is 6.34. The first-order valence-electron chi connectivity index (χ1n) is 13.4. The summed E-state index contributed by atoms with van der Waals surface area (Å²) in [6.07, 6.45) is 7.72. The smallest absolute Gasteiger partial charge is 0.254 e. The molecule has 2 aromatic rings. The van der Waals surface area contributed by atoms with Gasteiger partial charge in [-0.15, -0.1) is 0 Å². The topological polar surface area (TPSA) is 52.7 Å². The van der Waals surface area contributed by atoms with Crippen molar-refractivity contribution in [1.82, 2.24) is 9.80 Å². The molecule has 2 aliphatic carbocycles. The van der Waals surface area contributed by atoms with Crippen LogP contribution in [-0.4, -0.2) is 54.8 Å². The van der Waals surface area contributed by atoms with Gasteiger partial charge in [0.25, 0.3) is 5.91 Å². The van der Waals surface area contributed by atoms with Gasteiger partial charge in [-0.2, -0.15) is 0 Å². The molecule has 1 heterocycles. The molecular formula is C30H38ClN3O2. The molecule has 192 valence electrons. The Kier molecular flexibility index (Phi) is 6.80. The summed E-state index contributed by atoms with van der Waals surface area (Å²) >= 11 is 6.39. The van der Waals surface area contributed by atoms with Crippen molar-refractivity contribution in [2.24, 2.45) is 11.3 Å². The van der Waals surface area contributed by atoms with E-state index in [-0.39, 0.29) is 11.3 Å². The fraction of sp³-hybridized carbons (Fsp3) is 0.533. The molecule has 0 aromatic heterocycles. The van der Waals surface area contributed by atoms with E-state index in [9.17, 15) is 9.59 Å². The number of nitrogens with zero attached hydrogens (tertiary/aromatic N) is 2. The Labute approximate surface area is 220 Å². The number of carbonyl (C=O) groups is 2. The van der Waals surface area contributed by atoms with E-state index >= 15 is 0 Å². The molecule has 0 radical (unpaired) electrons. The number of carbonyl (C=O) groups excluding carboxylic acids is 2. The number of hydrogen-bond acceptors (Lipinski definition) is 3. The SMILES string of the molecule is CC(C[C@@H]1CC12CCN(C(=O)C1(c3ccccc3)CCC1)CC2)Nc1ccc(C(=O)N(C)C)c(Cl)c1. The Morgan fingerprint density at radius 3 is 2.36 bits per heavy atom. The van der Waals surface area contributed by atoms with Crippen LogP contribution in [0.25, 0.3) is 0 Å². The quantitative estimate of drug-likeness (QED) is 0.501. The summed E-state index contributed by atoms with van der Waals surface area (Å²) in [6.45, 7) is 4.00. The zero-order valence-electron chi connectivity index (χ0n) is 21.7. The zero-order chi connectivity index (χ0) is 25.5. The number of nitrogens with one attached hydrogen (secondary N) is 1. The van der Waals surface area contributed by atoms with E-state index in [0.717, 1.165) is 57.3 Å². The average molecular weight is 508 g/mol. The molecule has 2 amide bonds. The number of halogens is 1. The van der Waals surface area contributed by atoms with Crippen LogP contribution in [0.15, 0.2) is 48.5 Å². The van der Waals surface area contributed by atoms with Gasteiger partial charge in [-0.1, -0.05) is 48.4 Å². The third-order valence-corrected chi connectivity index (χ3v) is 9.32. The van der Waals surface area contributed by atoms with Crippen LogP contribution < -0.4 is 5.32 Å². The Hall–Kier alpha value is -2.53. The molecule has 0 bridgehead atoms. The number of piperidine rings is 1. The van der Waals surface area contributed by atoms with Gasteiger partial charge in [-0.25, -0.2) is 0 Å². The van der Waals surface area contributed by atoms with Gasteiger partial charge in [0.1, 0.15) is 0 Å². The van der Waals surface area contributed by atoms with Crippen LogP contribution in [0.4, 0.5) is 5.69 Å². The van der Waals surface area contributed by atoms with Crippen LogP contribution in [0, 0.1) is 11.3 Å². The molecular weight excluding hydrogens is 470 g/mol. The van der Waals surface area contributed by atoms with Crippen LogP contribution in [0.2, 0.25) is 5.02 Å². The summed E-state index contributed by atoms with van der Waals surface area (Å²) in [5.74, 6) is 0.973. The number of rotatable bonds is 7. The van der Waals surface area contributed by atoms with E-state index in [1.165, 1.54) is 16.9 Å². The Balaban J connectivity index is 1.13. The van der Waals surface area contributed by atoms with Crippen LogP contribution in [-0.2, 0) is 10.2 Å². The van der Waals surface area contributed by atoms with Crippen molar-refractivity contribution in [2.75, 3.05) is 32.5 Å². The summed E-state index contributed by atoms with van der Waals surface area (Å²) in [4.78, 5) is 29.5. The van der Waals surface area contributed by atoms with Crippen molar-refractivity contribution in [1.29, 1.82) is 0 Å². The fourth-order valence-corrected chi connectivity index (χ4v) is 6.80. The van der Waals surface area contributed by atoms with Crippen molar-refractivity contribution in [3.63, 3.8) is 0 Å². The minimum Gasteiger partial charge on any atom is -0.383 e. The molecule has 5 rings (SSSR count). The van der Waals surface area contributed by atoms with Crippen molar-refractivity contribution in [3.8, 4) is 0 Å². The molecule has 1 N–H and O–H groups in total. The molecule has 1 saturated heterocycles. The van der Waals surface area contributed by atoms with Crippen LogP contribution in [0.5, 0.6) is 0 Å².